The smallest absolute Gasteiger partial charge is 0.330 e. The van der Waals surface area contributed by atoms with Crippen molar-refractivity contribution in [2.75, 3.05) is 7.05 Å². The second kappa shape index (κ2) is 4.30. The average Bonchev–Trinajstić information content (AvgIpc) is 2.15. The number of nitrogens with one attached hydrogen (secondary N) is 1. The Labute approximate surface area is 76.7 Å². The van der Waals surface area contributed by atoms with Gasteiger partial charge in [-0.25, -0.2) is 4.79 Å². The van der Waals surface area contributed by atoms with E-state index >= 15 is 0 Å². The highest BCUT2D eigenvalue weighted by Gasteiger charge is 1.99. The number of rotatable bonds is 3. The van der Waals surface area contributed by atoms with Crippen molar-refractivity contribution in [1.29, 1.82) is 0 Å². The Hall–Kier alpha value is -1.77. The number of carboxylic acids is 1. The number of carboxylic acid groups (broad SMARTS) is 1. The number of aliphatic carboxylic acids is 1. The van der Waals surface area contributed by atoms with E-state index in [1.54, 1.807) is 7.05 Å². The topological polar surface area (TPSA) is 49.3 Å². The Morgan fingerprint density at radius 3 is 2.46 bits per heavy atom. The van der Waals surface area contributed by atoms with Gasteiger partial charge in [-0.15, -0.1) is 0 Å². The lowest BCUT2D eigenvalue weighted by Gasteiger charge is -2.04. The van der Waals surface area contributed by atoms with Crippen LogP contribution in [0.25, 0.3) is 5.70 Å². The quantitative estimate of drug-likeness (QED) is 0.685. The molecule has 0 radical (unpaired) electrons. The molecule has 3 heteroatoms. The second-order valence-corrected chi connectivity index (χ2v) is 2.51. The SMILES string of the molecule is CN/C(=C\C(=O)O)c1ccccc1. The zero-order chi connectivity index (χ0) is 9.68. The molecule has 0 atom stereocenters. The minimum Gasteiger partial charge on any atom is -0.478 e. The van der Waals surface area contributed by atoms with Crippen LogP contribution < -0.4 is 5.32 Å². The highest BCUT2D eigenvalue weighted by molar-refractivity contribution is 5.89. The Morgan fingerprint density at radius 1 is 1.38 bits per heavy atom. The standard InChI is InChI=1S/C10H11NO2/c1-11-9(7-10(12)13)8-5-3-2-4-6-8/h2-7,11H,1H3,(H,12,13)/b9-7-. The van der Waals surface area contributed by atoms with E-state index < -0.39 is 5.97 Å². The third kappa shape index (κ3) is 2.63. The first kappa shape index (κ1) is 9.32. The van der Waals surface area contributed by atoms with E-state index in [2.05, 4.69) is 5.32 Å². The van der Waals surface area contributed by atoms with E-state index in [0.717, 1.165) is 11.6 Å². The summed E-state index contributed by atoms with van der Waals surface area (Å²) < 4.78 is 0. The molecule has 0 aromatic heterocycles. The molecule has 1 aromatic rings. The van der Waals surface area contributed by atoms with Crippen molar-refractivity contribution in [3.05, 3.63) is 42.0 Å². The van der Waals surface area contributed by atoms with Gasteiger partial charge in [0.25, 0.3) is 0 Å². The van der Waals surface area contributed by atoms with Gasteiger partial charge in [0.05, 0.1) is 0 Å². The van der Waals surface area contributed by atoms with Crippen LogP contribution in [0.2, 0.25) is 0 Å². The molecule has 0 fully saturated rings. The minimum atomic E-state index is -0.951. The van der Waals surface area contributed by atoms with Crippen LogP contribution in [0.5, 0.6) is 0 Å². The molecule has 0 aliphatic heterocycles. The highest BCUT2D eigenvalue weighted by atomic mass is 16.4. The molecule has 0 aliphatic rings. The van der Waals surface area contributed by atoms with Crippen LogP contribution >= 0.6 is 0 Å². The van der Waals surface area contributed by atoms with E-state index in [1.807, 2.05) is 30.3 Å². The summed E-state index contributed by atoms with van der Waals surface area (Å²) in [6, 6.07) is 9.32. The summed E-state index contributed by atoms with van der Waals surface area (Å²) in [6.45, 7) is 0. The summed E-state index contributed by atoms with van der Waals surface area (Å²) in [5.41, 5.74) is 1.47. The molecule has 1 aromatic carbocycles. The number of carbonyl (C=O) groups is 1. The maximum atomic E-state index is 10.4. The third-order valence-electron chi connectivity index (χ3n) is 1.62. The van der Waals surface area contributed by atoms with Crippen molar-refractivity contribution in [1.82, 2.24) is 5.32 Å². The van der Waals surface area contributed by atoms with Crippen LogP contribution in [0.15, 0.2) is 36.4 Å². The maximum absolute atomic E-state index is 10.4. The van der Waals surface area contributed by atoms with Gasteiger partial charge in [0.15, 0.2) is 0 Å². The lowest BCUT2D eigenvalue weighted by molar-refractivity contribution is -0.131. The van der Waals surface area contributed by atoms with Crippen molar-refractivity contribution in [2.45, 2.75) is 0 Å². The zero-order valence-electron chi connectivity index (χ0n) is 7.32. The molecule has 0 saturated carbocycles. The first-order valence-corrected chi connectivity index (χ1v) is 3.92. The van der Waals surface area contributed by atoms with E-state index in [0.29, 0.717) is 5.70 Å². The molecule has 2 N–H and O–H groups in total. The third-order valence-corrected chi connectivity index (χ3v) is 1.62. The molecule has 0 amide bonds. The predicted molar refractivity (Wildman–Crippen MR) is 51.1 cm³/mol. The normalized spacial score (nSPS) is 11.0. The fraction of sp³-hybridized carbons (Fsp3) is 0.100. The molecule has 0 unspecified atom stereocenters. The van der Waals surface area contributed by atoms with Crippen LogP contribution in [-0.2, 0) is 4.79 Å². The molecule has 0 bridgehead atoms. The lowest BCUT2D eigenvalue weighted by atomic mass is 10.1. The largest absolute Gasteiger partial charge is 0.478 e. The maximum Gasteiger partial charge on any atom is 0.330 e. The molecule has 13 heavy (non-hydrogen) atoms. The number of benzene rings is 1. The van der Waals surface area contributed by atoms with Crippen LogP contribution in [-0.4, -0.2) is 18.1 Å². The molecular formula is C10H11NO2. The summed E-state index contributed by atoms with van der Waals surface area (Å²) in [6.07, 6.45) is 1.15. The number of hydrogen-bond acceptors (Lipinski definition) is 2. The summed E-state index contributed by atoms with van der Waals surface area (Å²) in [5, 5.41) is 11.4. The summed E-state index contributed by atoms with van der Waals surface area (Å²) >= 11 is 0. The minimum absolute atomic E-state index is 0.605. The van der Waals surface area contributed by atoms with E-state index in [-0.39, 0.29) is 0 Å². The Bertz CT molecular complexity index is 317. The zero-order valence-corrected chi connectivity index (χ0v) is 7.32. The molecule has 0 aliphatic carbocycles. The Balaban J connectivity index is 2.98. The van der Waals surface area contributed by atoms with Crippen LogP contribution in [0.1, 0.15) is 5.56 Å². The fourth-order valence-corrected chi connectivity index (χ4v) is 1.04. The van der Waals surface area contributed by atoms with Crippen molar-refractivity contribution in [2.24, 2.45) is 0 Å². The fourth-order valence-electron chi connectivity index (χ4n) is 1.04. The van der Waals surface area contributed by atoms with Gasteiger partial charge in [0.1, 0.15) is 0 Å². The van der Waals surface area contributed by atoms with Gasteiger partial charge in [0.2, 0.25) is 0 Å². The van der Waals surface area contributed by atoms with Gasteiger partial charge in [-0.2, -0.15) is 0 Å². The average molecular weight is 177 g/mol. The first-order chi connectivity index (χ1) is 6.24. The van der Waals surface area contributed by atoms with Gasteiger partial charge < -0.3 is 10.4 Å². The first-order valence-electron chi connectivity index (χ1n) is 3.92. The molecule has 3 nitrogen and oxygen atoms in total. The molecule has 0 heterocycles. The van der Waals surface area contributed by atoms with Crippen molar-refractivity contribution in [3.63, 3.8) is 0 Å². The Morgan fingerprint density at radius 2 is 2.00 bits per heavy atom. The Kier molecular flexibility index (Phi) is 3.09. The van der Waals surface area contributed by atoms with E-state index in [4.69, 9.17) is 5.11 Å². The summed E-state index contributed by atoms with van der Waals surface area (Å²) in [7, 11) is 1.70. The van der Waals surface area contributed by atoms with Gasteiger partial charge in [-0.3, -0.25) is 0 Å². The molecule has 0 saturated heterocycles. The lowest BCUT2D eigenvalue weighted by Crippen LogP contribution is -2.06. The number of hydrogen-bond donors (Lipinski definition) is 2. The summed E-state index contributed by atoms with van der Waals surface area (Å²) in [4.78, 5) is 10.4. The van der Waals surface area contributed by atoms with Crippen molar-refractivity contribution < 1.29 is 9.90 Å². The monoisotopic (exact) mass is 177 g/mol. The summed E-state index contributed by atoms with van der Waals surface area (Å²) in [5.74, 6) is -0.951. The van der Waals surface area contributed by atoms with Gasteiger partial charge in [-0.1, -0.05) is 30.3 Å². The molecule has 68 valence electrons. The molecule has 0 spiro atoms. The van der Waals surface area contributed by atoms with E-state index in [1.165, 1.54) is 0 Å². The van der Waals surface area contributed by atoms with Crippen LogP contribution in [0.4, 0.5) is 0 Å². The molecular weight excluding hydrogens is 166 g/mol. The van der Waals surface area contributed by atoms with Crippen LogP contribution in [0, 0.1) is 0 Å². The van der Waals surface area contributed by atoms with Gasteiger partial charge in [-0.05, 0) is 5.56 Å². The van der Waals surface area contributed by atoms with Gasteiger partial charge in [0, 0.05) is 18.8 Å². The van der Waals surface area contributed by atoms with Crippen LogP contribution in [0.3, 0.4) is 0 Å². The molecule has 1 rings (SSSR count). The van der Waals surface area contributed by atoms with E-state index in [9.17, 15) is 4.79 Å². The van der Waals surface area contributed by atoms with Crippen molar-refractivity contribution >= 4 is 11.7 Å². The second-order valence-electron chi connectivity index (χ2n) is 2.51. The predicted octanol–water partition coefficient (Wildman–Crippen LogP) is 1.33. The van der Waals surface area contributed by atoms with Crippen molar-refractivity contribution in [3.8, 4) is 0 Å². The van der Waals surface area contributed by atoms with Gasteiger partial charge >= 0.3 is 5.97 Å². The highest BCUT2D eigenvalue weighted by Crippen LogP contribution is 2.09.